The molecule has 0 amide bonds. The molecule has 0 fully saturated rings. The highest BCUT2D eigenvalue weighted by molar-refractivity contribution is 7.04. The van der Waals surface area contributed by atoms with E-state index in [1.54, 1.807) is 19.2 Å². The molecule has 0 unspecified atom stereocenters. The summed E-state index contributed by atoms with van der Waals surface area (Å²) >= 11 is 1.27. The molecular weight excluding hydrogens is 370 g/mol. The van der Waals surface area contributed by atoms with Crippen molar-refractivity contribution in [3.8, 4) is 45.4 Å². The van der Waals surface area contributed by atoms with Crippen molar-refractivity contribution in [2.45, 2.75) is 0 Å². The molecule has 7 nitrogen and oxygen atoms in total. The summed E-state index contributed by atoms with van der Waals surface area (Å²) in [5.74, 6) is 0.621. The maximum absolute atomic E-state index is 11.4. The summed E-state index contributed by atoms with van der Waals surface area (Å²) in [6.07, 6.45) is 0. The molecule has 2 aromatic carbocycles. The maximum atomic E-state index is 11.4. The number of carboxylic acid groups (broad SMARTS) is 1. The van der Waals surface area contributed by atoms with Crippen molar-refractivity contribution in [1.82, 2.24) is 4.37 Å². The summed E-state index contributed by atoms with van der Waals surface area (Å²) in [5.41, 5.74) is 2.92. The van der Waals surface area contributed by atoms with E-state index in [1.165, 1.54) is 24.7 Å². The fourth-order valence-electron chi connectivity index (χ4n) is 2.95. The van der Waals surface area contributed by atoms with Gasteiger partial charge >= 0.3 is 0 Å². The molecule has 3 aromatic rings. The second-order valence-electron chi connectivity index (χ2n) is 5.69. The van der Waals surface area contributed by atoms with Crippen LogP contribution in [-0.4, -0.2) is 31.4 Å². The van der Waals surface area contributed by atoms with Crippen LogP contribution in [0.1, 0.15) is 10.4 Å². The Labute approximate surface area is 158 Å². The average molecular weight is 384 g/mol. The SMILES string of the molecule is COc1ccc(-c2csnc2-c2cc(OC)c3c(c2)OCO3)cc1C(=O)[O-]. The van der Waals surface area contributed by atoms with Gasteiger partial charge in [-0.1, -0.05) is 6.07 Å². The maximum Gasteiger partial charge on any atom is 0.231 e. The minimum atomic E-state index is -1.30. The number of carbonyl (C=O) groups is 1. The number of benzene rings is 2. The molecule has 138 valence electrons. The Hall–Kier alpha value is -3.26. The molecule has 1 aliphatic rings. The fourth-order valence-corrected chi connectivity index (χ4v) is 3.67. The van der Waals surface area contributed by atoms with Crippen molar-refractivity contribution >= 4 is 17.5 Å². The molecular formula is C19H14NO6S-. The van der Waals surface area contributed by atoms with Crippen LogP contribution in [0.15, 0.2) is 35.7 Å². The zero-order chi connectivity index (χ0) is 19.0. The van der Waals surface area contributed by atoms with Gasteiger partial charge in [-0.2, -0.15) is 4.37 Å². The molecule has 27 heavy (non-hydrogen) atoms. The van der Waals surface area contributed by atoms with E-state index in [9.17, 15) is 9.90 Å². The molecule has 0 radical (unpaired) electrons. The first-order valence-corrected chi connectivity index (χ1v) is 8.78. The summed E-state index contributed by atoms with van der Waals surface area (Å²) in [5, 5.41) is 13.3. The van der Waals surface area contributed by atoms with Crippen molar-refractivity contribution in [2.24, 2.45) is 0 Å². The molecule has 0 saturated heterocycles. The van der Waals surface area contributed by atoms with Crippen LogP contribution in [0.3, 0.4) is 0 Å². The molecule has 0 aliphatic carbocycles. The predicted octanol–water partition coefficient (Wildman–Crippen LogP) is 2.59. The van der Waals surface area contributed by atoms with Gasteiger partial charge in [0.15, 0.2) is 11.5 Å². The number of carbonyl (C=O) groups excluding carboxylic acids is 1. The Morgan fingerprint density at radius 2 is 1.93 bits per heavy atom. The lowest BCUT2D eigenvalue weighted by Gasteiger charge is -2.12. The van der Waals surface area contributed by atoms with Gasteiger partial charge in [-0.25, -0.2) is 0 Å². The largest absolute Gasteiger partial charge is 0.545 e. The van der Waals surface area contributed by atoms with Crippen LogP contribution in [0.5, 0.6) is 23.0 Å². The number of carboxylic acids is 1. The number of ether oxygens (including phenoxy) is 4. The third-order valence-corrected chi connectivity index (χ3v) is 4.86. The topological polar surface area (TPSA) is 89.9 Å². The molecule has 8 heteroatoms. The van der Waals surface area contributed by atoms with Crippen molar-refractivity contribution < 1.29 is 28.8 Å². The predicted molar refractivity (Wildman–Crippen MR) is 96.5 cm³/mol. The molecule has 0 saturated carbocycles. The van der Waals surface area contributed by atoms with Crippen molar-refractivity contribution in [2.75, 3.05) is 21.0 Å². The number of nitrogens with zero attached hydrogens (tertiary/aromatic N) is 1. The Bertz CT molecular complexity index is 1030. The smallest absolute Gasteiger partial charge is 0.231 e. The molecule has 4 rings (SSSR count). The van der Waals surface area contributed by atoms with E-state index in [4.69, 9.17) is 18.9 Å². The number of fused-ring (bicyclic) bond motifs is 1. The van der Waals surface area contributed by atoms with Crippen LogP contribution in [0, 0.1) is 0 Å². The Kier molecular flexibility index (Phi) is 4.33. The molecule has 0 atom stereocenters. The van der Waals surface area contributed by atoms with Crippen LogP contribution in [0.2, 0.25) is 0 Å². The van der Waals surface area contributed by atoms with Crippen LogP contribution in [0.4, 0.5) is 0 Å². The molecule has 0 bridgehead atoms. The van der Waals surface area contributed by atoms with Gasteiger partial charge in [-0.05, 0) is 41.4 Å². The minimum absolute atomic E-state index is 0.0181. The highest BCUT2D eigenvalue weighted by atomic mass is 32.1. The van der Waals surface area contributed by atoms with Crippen molar-refractivity contribution in [3.63, 3.8) is 0 Å². The first kappa shape index (κ1) is 17.2. The number of aromatic carboxylic acids is 1. The highest BCUT2D eigenvalue weighted by Gasteiger charge is 2.23. The van der Waals surface area contributed by atoms with E-state index in [-0.39, 0.29) is 18.1 Å². The summed E-state index contributed by atoms with van der Waals surface area (Å²) in [6, 6.07) is 8.54. The van der Waals surface area contributed by atoms with Crippen molar-refractivity contribution in [3.05, 3.63) is 41.3 Å². The number of aromatic nitrogens is 1. The van der Waals surface area contributed by atoms with E-state index in [1.807, 2.05) is 17.5 Å². The number of hydrogen-bond donors (Lipinski definition) is 0. The lowest BCUT2D eigenvalue weighted by Crippen LogP contribution is -2.23. The molecule has 1 aliphatic heterocycles. The lowest BCUT2D eigenvalue weighted by molar-refractivity contribution is -0.255. The first-order valence-electron chi connectivity index (χ1n) is 7.94. The highest BCUT2D eigenvalue weighted by Crippen LogP contribution is 2.45. The van der Waals surface area contributed by atoms with Gasteiger partial charge in [-0.15, -0.1) is 0 Å². The second kappa shape index (κ2) is 6.81. The summed E-state index contributed by atoms with van der Waals surface area (Å²) in [6.45, 7) is 0.131. The van der Waals surface area contributed by atoms with Crippen molar-refractivity contribution in [1.29, 1.82) is 0 Å². The van der Waals surface area contributed by atoms with Crippen LogP contribution >= 0.6 is 11.5 Å². The van der Waals surface area contributed by atoms with Crippen LogP contribution < -0.4 is 24.1 Å². The molecule has 0 spiro atoms. The molecule has 2 heterocycles. The fraction of sp³-hybridized carbons (Fsp3) is 0.158. The number of hydrogen-bond acceptors (Lipinski definition) is 8. The van der Waals surface area contributed by atoms with Gasteiger partial charge in [0.05, 0.1) is 25.9 Å². The van der Waals surface area contributed by atoms with Gasteiger partial charge < -0.3 is 28.8 Å². The Balaban J connectivity index is 1.83. The number of rotatable bonds is 5. The first-order chi connectivity index (χ1) is 13.1. The van der Waals surface area contributed by atoms with Crippen LogP contribution in [-0.2, 0) is 0 Å². The molecule has 0 N–H and O–H groups in total. The van der Waals surface area contributed by atoms with Gasteiger partial charge in [0.2, 0.25) is 12.5 Å². The second-order valence-corrected chi connectivity index (χ2v) is 6.32. The van der Waals surface area contributed by atoms with Gasteiger partial charge in [0, 0.05) is 22.1 Å². The standard InChI is InChI=1S/C19H15NO6S/c1-23-14-4-3-10(5-12(14)19(21)22)13-8-27-20-17(13)11-6-15(24-2)18-16(7-11)25-9-26-18/h3-8H,9H2,1-2H3,(H,21,22)/p-1. The Morgan fingerprint density at radius 1 is 1.11 bits per heavy atom. The van der Waals surface area contributed by atoms with E-state index in [0.717, 1.165) is 11.1 Å². The van der Waals surface area contributed by atoms with E-state index in [0.29, 0.717) is 28.5 Å². The van der Waals surface area contributed by atoms with Gasteiger partial charge in [0.25, 0.3) is 0 Å². The normalized spacial score (nSPS) is 12.1. The number of methoxy groups -OCH3 is 2. The van der Waals surface area contributed by atoms with E-state index >= 15 is 0 Å². The Morgan fingerprint density at radius 3 is 2.67 bits per heavy atom. The summed E-state index contributed by atoms with van der Waals surface area (Å²) < 4.78 is 25.9. The monoisotopic (exact) mass is 384 g/mol. The minimum Gasteiger partial charge on any atom is -0.545 e. The van der Waals surface area contributed by atoms with E-state index < -0.39 is 5.97 Å². The zero-order valence-electron chi connectivity index (χ0n) is 14.5. The summed E-state index contributed by atoms with van der Waals surface area (Å²) in [7, 11) is 2.97. The van der Waals surface area contributed by atoms with Crippen LogP contribution in [0.25, 0.3) is 22.4 Å². The third-order valence-electron chi connectivity index (χ3n) is 4.23. The van der Waals surface area contributed by atoms with Gasteiger partial charge in [-0.3, -0.25) is 0 Å². The molecule has 1 aromatic heterocycles. The third kappa shape index (κ3) is 2.93. The summed E-state index contributed by atoms with van der Waals surface area (Å²) in [4.78, 5) is 11.4. The van der Waals surface area contributed by atoms with E-state index in [2.05, 4.69) is 4.37 Å². The van der Waals surface area contributed by atoms with Gasteiger partial charge in [0.1, 0.15) is 5.75 Å². The quantitative estimate of drug-likeness (QED) is 0.668. The zero-order valence-corrected chi connectivity index (χ0v) is 15.3. The lowest BCUT2D eigenvalue weighted by atomic mass is 9.99. The average Bonchev–Trinajstić information content (AvgIpc) is 3.35.